The average Bonchev–Trinajstić information content (AvgIpc) is 2.46. The van der Waals surface area contributed by atoms with Gasteiger partial charge < -0.3 is 0 Å². The van der Waals surface area contributed by atoms with E-state index in [0.717, 1.165) is 10.9 Å². The van der Waals surface area contributed by atoms with Crippen molar-refractivity contribution in [2.45, 2.75) is 25.2 Å². The Labute approximate surface area is 126 Å². The molecule has 0 heterocycles. The fourth-order valence-electron chi connectivity index (χ4n) is 1.98. The van der Waals surface area contributed by atoms with Crippen LogP contribution in [0.25, 0.3) is 0 Å². The summed E-state index contributed by atoms with van der Waals surface area (Å²) in [5.41, 5.74) is 2.54. The summed E-state index contributed by atoms with van der Waals surface area (Å²) in [5, 5.41) is 4.02. The molecule has 3 heteroatoms. The van der Waals surface area contributed by atoms with Gasteiger partial charge in [-0.1, -0.05) is 0 Å². The number of nitrogens with one attached hydrogen (secondary N) is 1. The molecule has 2 aromatic carbocycles. The second kappa shape index (κ2) is 7.28. The molecular weight excluding hydrogens is 313 g/mol. The molecule has 2 rings (SSSR count). The summed E-state index contributed by atoms with van der Waals surface area (Å²) in [5.74, 6) is 0.00914. The van der Waals surface area contributed by atoms with Gasteiger partial charge in [0.05, 0.1) is 0 Å². The van der Waals surface area contributed by atoms with Crippen molar-refractivity contribution in [1.82, 2.24) is 5.32 Å². The molecule has 0 saturated carbocycles. The number of hydrogen-bond acceptors (Lipinski definition) is 1. The SMILES string of the molecule is CC(=O)N[C@@H](C)c1ccc([Se]Cc2ccccc2)cc1. The Morgan fingerprint density at radius 1 is 1.10 bits per heavy atom. The maximum absolute atomic E-state index is 11.0. The molecule has 0 bridgehead atoms. The van der Waals surface area contributed by atoms with Crippen LogP contribution in [0.3, 0.4) is 0 Å². The van der Waals surface area contributed by atoms with Gasteiger partial charge in [-0.15, -0.1) is 0 Å². The van der Waals surface area contributed by atoms with Gasteiger partial charge in [-0.25, -0.2) is 0 Å². The molecular formula is C17H19NOSe. The Kier molecular flexibility index (Phi) is 5.39. The number of carbonyl (C=O) groups is 1. The number of rotatable bonds is 5. The van der Waals surface area contributed by atoms with Crippen LogP contribution in [0.4, 0.5) is 0 Å². The fourth-order valence-corrected chi connectivity index (χ4v) is 3.77. The Hall–Kier alpha value is -1.57. The summed E-state index contributed by atoms with van der Waals surface area (Å²) >= 11 is 0.455. The Morgan fingerprint density at radius 3 is 2.35 bits per heavy atom. The predicted molar refractivity (Wildman–Crippen MR) is 84.2 cm³/mol. The molecule has 0 aliphatic rings. The van der Waals surface area contributed by atoms with Crippen molar-refractivity contribution in [3.8, 4) is 0 Å². The topological polar surface area (TPSA) is 29.1 Å². The van der Waals surface area contributed by atoms with E-state index >= 15 is 0 Å². The third kappa shape index (κ3) is 4.52. The zero-order valence-corrected chi connectivity index (χ0v) is 13.5. The molecule has 0 saturated heterocycles. The Bertz CT molecular complexity index is 551. The summed E-state index contributed by atoms with van der Waals surface area (Å²) in [4.78, 5) is 11.0. The molecule has 0 unspecified atom stereocenters. The number of carbonyl (C=O) groups excluding carboxylic acids is 1. The van der Waals surface area contributed by atoms with E-state index in [9.17, 15) is 4.79 Å². The van der Waals surface area contributed by atoms with E-state index in [0.29, 0.717) is 15.0 Å². The normalized spacial score (nSPS) is 11.9. The summed E-state index contributed by atoms with van der Waals surface area (Å²) in [6.45, 7) is 3.55. The van der Waals surface area contributed by atoms with Crippen LogP contribution in [0, 0.1) is 0 Å². The summed E-state index contributed by atoms with van der Waals surface area (Å²) in [6.07, 6.45) is 0. The van der Waals surface area contributed by atoms with Gasteiger partial charge in [0.1, 0.15) is 0 Å². The first-order valence-electron chi connectivity index (χ1n) is 6.69. The zero-order chi connectivity index (χ0) is 14.4. The second-order valence-electron chi connectivity index (χ2n) is 4.77. The van der Waals surface area contributed by atoms with Crippen molar-refractivity contribution in [3.05, 3.63) is 65.7 Å². The van der Waals surface area contributed by atoms with E-state index in [-0.39, 0.29) is 11.9 Å². The minimum atomic E-state index is 0.00914. The van der Waals surface area contributed by atoms with E-state index in [4.69, 9.17) is 0 Å². The minimum absolute atomic E-state index is 0.00914. The molecule has 0 radical (unpaired) electrons. The van der Waals surface area contributed by atoms with Crippen LogP contribution in [0.5, 0.6) is 0 Å². The molecule has 2 nitrogen and oxygen atoms in total. The molecule has 0 fully saturated rings. The number of benzene rings is 2. The monoisotopic (exact) mass is 333 g/mol. The molecule has 1 N–H and O–H groups in total. The summed E-state index contributed by atoms with van der Waals surface area (Å²) in [6, 6.07) is 19.2. The van der Waals surface area contributed by atoms with Gasteiger partial charge >= 0.3 is 126 Å². The molecule has 20 heavy (non-hydrogen) atoms. The van der Waals surface area contributed by atoms with Gasteiger partial charge in [0.2, 0.25) is 0 Å². The van der Waals surface area contributed by atoms with Crippen LogP contribution in [0.1, 0.15) is 31.0 Å². The third-order valence-electron chi connectivity index (χ3n) is 3.05. The van der Waals surface area contributed by atoms with Gasteiger partial charge in [-0.2, -0.15) is 0 Å². The van der Waals surface area contributed by atoms with E-state index < -0.39 is 0 Å². The first-order chi connectivity index (χ1) is 9.65. The van der Waals surface area contributed by atoms with E-state index in [1.165, 1.54) is 10.0 Å². The van der Waals surface area contributed by atoms with Gasteiger partial charge in [0, 0.05) is 0 Å². The van der Waals surface area contributed by atoms with Crippen LogP contribution < -0.4 is 9.78 Å². The molecule has 0 aliphatic carbocycles. The van der Waals surface area contributed by atoms with Crippen molar-refractivity contribution in [2.24, 2.45) is 0 Å². The Morgan fingerprint density at radius 2 is 1.75 bits per heavy atom. The fraction of sp³-hybridized carbons (Fsp3) is 0.235. The molecule has 104 valence electrons. The van der Waals surface area contributed by atoms with Crippen molar-refractivity contribution in [1.29, 1.82) is 0 Å². The summed E-state index contributed by atoms with van der Waals surface area (Å²) in [7, 11) is 0. The molecule has 1 amide bonds. The standard InChI is InChI=1S/C17H19NOSe/c1-13(18-14(2)19)16-8-10-17(11-9-16)20-12-15-6-4-3-5-7-15/h3-11,13H,12H2,1-2H3,(H,18,19)/t13-/m0/s1. The molecule has 0 aromatic heterocycles. The maximum atomic E-state index is 11.0. The van der Waals surface area contributed by atoms with Crippen LogP contribution in [0.15, 0.2) is 54.6 Å². The van der Waals surface area contributed by atoms with Gasteiger partial charge in [-0.05, 0) is 0 Å². The average molecular weight is 332 g/mol. The van der Waals surface area contributed by atoms with Gasteiger partial charge in [0.25, 0.3) is 0 Å². The van der Waals surface area contributed by atoms with Gasteiger partial charge in [-0.3, -0.25) is 0 Å². The van der Waals surface area contributed by atoms with Gasteiger partial charge in [0.15, 0.2) is 0 Å². The van der Waals surface area contributed by atoms with Crippen LogP contribution in [-0.4, -0.2) is 20.9 Å². The first-order valence-corrected chi connectivity index (χ1v) is 8.76. The van der Waals surface area contributed by atoms with Crippen molar-refractivity contribution in [3.63, 3.8) is 0 Å². The van der Waals surface area contributed by atoms with Crippen molar-refractivity contribution in [2.75, 3.05) is 0 Å². The number of hydrogen-bond donors (Lipinski definition) is 1. The van der Waals surface area contributed by atoms with Crippen molar-refractivity contribution >= 4 is 25.3 Å². The van der Waals surface area contributed by atoms with Crippen molar-refractivity contribution < 1.29 is 4.79 Å². The molecule has 1 atom stereocenters. The zero-order valence-electron chi connectivity index (χ0n) is 11.8. The van der Waals surface area contributed by atoms with E-state index in [2.05, 4.69) is 59.9 Å². The summed E-state index contributed by atoms with van der Waals surface area (Å²) < 4.78 is 1.39. The quantitative estimate of drug-likeness (QED) is 0.837. The molecule has 0 aliphatic heterocycles. The third-order valence-corrected chi connectivity index (χ3v) is 5.32. The van der Waals surface area contributed by atoms with E-state index in [1.807, 2.05) is 6.92 Å². The predicted octanol–water partition coefficient (Wildman–Crippen LogP) is 2.41. The second-order valence-corrected chi connectivity index (χ2v) is 6.97. The van der Waals surface area contributed by atoms with Crippen LogP contribution in [0.2, 0.25) is 0 Å². The molecule has 0 spiro atoms. The molecule has 2 aromatic rings. The Balaban J connectivity index is 1.93. The van der Waals surface area contributed by atoms with E-state index in [1.54, 1.807) is 6.92 Å². The number of amides is 1. The first kappa shape index (κ1) is 14.8. The van der Waals surface area contributed by atoms with Crippen LogP contribution >= 0.6 is 0 Å². The van der Waals surface area contributed by atoms with Crippen LogP contribution in [-0.2, 0) is 10.1 Å².